The van der Waals surface area contributed by atoms with Gasteiger partial charge in [-0.15, -0.1) is 0 Å². The molecular formula is C11H15BrO2. The van der Waals surface area contributed by atoms with Gasteiger partial charge in [-0.1, -0.05) is 15.9 Å². The number of unbranched alkanes of at least 4 members (excludes halogenated alkanes) is 2. The smallest absolute Gasteiger partial charge is 0.119 e. The zero-order valence-electron chi connectivity index (χ0n) is 8.08. The third kappa shape index (κ3) is 4.51. The minimum absolute atomic E-state index is 0.275. The van der Waals surface area contributed by atoms with E-state index in [1.165, 1.54) is 12.8 Å². The average Bonchev–Trinajstić information content (AvgIpc) is 2.21. The van der Waals surface area contributed by atoms with Crippen LogP contribution >= 0.6 is 15.9 Å². The Bertz CT molecular complexity index is 246. The number of alkyl halides is 1. The maximum Gasteiger partial charge on any atom is 0.119 e. The molecule has 1 rings (SSSR count). The van der Waals surface area contributed by atoms with Crippen molar-refractivity contribution in [3.05, 3.63) is 24.3 Å². The maximum atomic E-state index is 9.04. The highest BCUT2D eigenvalue weighted by Gasteiger charge is 1.93. The summed E-state index contributed by atoms with van der Waals surface area (Å²) in [6, 6.07) is 6.82. The number of phenolic OH excluding ortho intramolecular Hbond substituents is 1. The van der Waals surface area contributed by atoms with Gasteiger partial charge in [-0.3, -0.25) is 0 Å². The first-order valence-corrected chi connectivity index (χ1v) is 5.93. The van der Waals surface area contributed by atoms with E-state index in [0.717, 1.165) is 24.1 Å². The summed E-state index contributed by atoms with van der Waals surface area (Å²) in [7, 11) is 0. The van der Waals surface area contributed by atoms with Crippen molar-refractivity contribution in [2.45, 2.75) is 19.3 Å². The number of phenols is 1. The number of benzene rings is 1. The SMILES string of the molecule is Oc1ccc(OCCCCCBr)cc1. The molecule has 3 heteroatoms. The van der Waals surface area contributed by atoms with Gasteiger partial charge in [-0.05, 0) is 43.5 Å². The van der Waals surface area contributed by atoms with E-state index in [-0.39, 0.29) is 5.75 Å². The standard InChI is InChI=1S/C11H15BrO2/c12-8-2-1-3-9-14-11-6-4-10(13)5-7-11/h4-7,13H,1-3,8-9H2. The van der Waals surface area contributed by atoms with Gasteiger partial charge in [-0.25, -0.2) is 0 Å². The molecule has 1 aromatic rings. The molecule has 0 bridgehead atoms. The van der Waals surface area contributed by atoms with Crippen LogP contribution in [0.1, 0.15) is 19.3 Å². The molecule has 0 radical (unpaired) electrons. The zero-order valence-corrected chi connectivity index (χ0v) is 9.66. The molecule has 0 aliphatic carbocycles. The monoisotopic (exact) mass is 258 g/mol. The molecule has 0 saturated heterocycles. The number of hydrogen-bond donors (Lipinski definition) is 1. The van der Waals surface area contributed by atoms with Crippen LogP contribution in [0.4, 0.5) is 0 Å². The largest absolute Gasteiger partial charge is 0.508 e. The van der Waals surface area contributed by atoms with Crippen LogP contribution in [0.3, 0.4) is 0 Å². The van der Waals surface area contributed by atoms with Crippen molar-refractivity contribution in [2.24, 2.45) is 0 Å². The summed E-state index contributed by atoms with van der Waals surface area (Å²) in [4.78, 5) is 0. The van der Waals surface area contributed by atoms with E-state index in [9.17, 15) is 0 Å². The number of rotatable bonds is 6. The Balaban J connectivity index is 2.15. The summed E-state index contributed by atoms with van der Waals surface area (Å²) in [6.45, 7) is 0.748. The van der Waals surface area contributed by atoms with Crippen molar-refractivity contribution < 1.29 is 9.84 Å². The predicted molar refractivity (Wildman–Crippen MR) is 61.2 cm³/mol. The summed E-state index contributed by atoms with van der Waals surface area (Å²) in [5.41, 5.74) is 0. The molecule has 0 heterocycles. The third-order valence-electron chi connectivity index (χ3n) is 1.88. The van der Waals surface area contributed by atoms with E-state index in [1.807, 2.05) is 0 Å². The molecule has 78 valence electrons. The lowest BCUT2D eigenvalue weighted by atomic mass is 10.3. The zero-order chi connectivity index (χ0) is 10.2. The normalized spacial score (nSPS) is 10.1. The topological polar surface area (TPSA) is 29.5 Å². The molecule has 1 N–H and O–H groups in total. The quantitative estimate of drug-likeness (QED) is 0.627. The van der Waals surface area contributed by atoms with E-state index in [4.69, 9.17) is 9.84 Å². The Morgan fingerprint density at radius 1 is 1.07 bits per heavy atom. The fourth-order valence-electron chi connectivity index (χ4n) is 1.11. The molecule has 0 aliphatic rings. The highest BCUT2D eigenvalue weighted by Crippen LogP contribution is 2.16. The van der Waals surface area contributed by atoms with E-state index in [1.54, 1.807) is 24.3 Å². The lowest BCUT2D eigenvalue weighted by molar-refractivity contribution is 0.306. The minimum Gasteiger partial charge on any atom is -0.508 e. The number of ether oxygens (including phenoxy) is 1. The molecule has 0 aliphatic heterocycles. The third-order valence-corrected chi connectivity index (χ3v) is 2.44. The van der Waals surface area contributed by atoms with Gasteiger partial charge in [-0.2, -0.15) is 0 Å². The van der Waals surface area contributed by atoms with Crippen LogP contribution in [-0.2, 0) is 0 Å². The molecule has 0 fully saturated rings. The second-order valence-electron chi connectivity index (χ2n) is 3.09. The molecular weight excluding hydrogens is 244 g/mol. The van der Waals surface area contributed by atoms with Crippen molar-refractivity contribution in [1.82, 2.24) is 0 Å². The van der Waals surface area contributed by atoms with Gasteiger partial charge in [0.25, 0.3) is 0 Å². The highest BCUT2D eigenvalue weighted by molar-refractivity contribution is 9.09. The van der Waals surface area contributed by atoms with Crippen molar-refractivity contribution in [3.8, 4) is 11.5 Å². The Labute approximate surface area is 93.0 Å². The molecule has 2 nitrogen and oxygen atoms in total. The molecule has 1 aromatic carbocycles. The van der Waals surface area contributed by atoms with Crippen molar-refractivity contribution >= 4 is 15.9 Å². The molecule has 0 unspecified atom stereocenters. The van der Waals surface area contributed by atoms with Crippen LogP contribution in [0.15, 0.2) is 24.3 Å². The molecule has 0 amide bonds. The van der Waals surface area contributed by atoms with E-state index in [0.29, 0.717) is 0 Å². The summed E-state index contributed by atoms with van der Waals surface area (Å²) in [5, 5.41) is 10.1. The second-order valence-corrected chi connectivity index (χ2v) is 3.89. The first-order chi connectivity index (χ1) is 6.83. The van der Waals surface area contributed by atoms with Crippen LogP contribution < -0.4 is 4.74 Å². The summed E-state index contributed by atoms with van der Waals surface area (Å²) in [6.07, 6.45) is 3.45. The minimum atomic E-state index is 0.275. The van der Waals surface area contributed by atoms with Gasteiger partial charge in [0.1, 0.15) is 11.5 Å². The number of aromatic hydroxyl groups is 1. The molecule has 14 heavy (non-hydrogen) atoms. The average molecular weight is 259 g/mol. The van der Waals surface area contributed by atoms with E-state index < -0.39 is 0 Å². The van der Waals surface area contributed by atoms with Gasteiger partial charge in [0, 0.05) is 5.33 Å². The Kier molecular flexibility index (Phi) is 5.45. The molecule has 0 atom stereocenters. The first kappa shape index (κ1) is 11.4. The van der Waals surface area contributed by atoms with Gasteiger partial charge in [0.05, 0.1) is 6.61 Å². The Morgan fingerprint density at radius 3 is 2.43 bits per heavy atom. The van der Waals surface area contributed by atoms with Crippen LogP contribution in [-0.4, -0.2) is 17.0 Å². The summed E-state index contributed by atoms with van der Waals surface area (Å²) < 4.78 is 5.48. The van der Waals surface area contributed by atoms with Crippen molar-refractivity contribution in [3.63, 3.8) is 0 Å². The van der Waals surface area contributed by atoms with Crippen molar-refractivity contribution in [2.75, 3.05) is 11.9 Å². The molecule has 0 saturated carbocycles. The first-order valence-electron chi connectivity index (χ1n) is 4.81. The Morgan fingerprint density at radius 2 is 1.79 bits per heavy atom. The lowest BCUT2D eigenvalue weighted by Crippen LogP contribution is -1.96. The summed E-state index contributed by atoms with van der Waals surface area (Å²) >= 11 is 3.39. The summed E-state index contributed by atoms with van der Waals surface area (Å²) in [5.74, 6) is 1.10. The second kappa shape index (κ2) is 6.71. The van der Waals surface area contributed by atoms with Gasteiger partial charge in [0.2, 0.25) is 0 Å². The lowest BCUT2D eigenvalue weighted by Gasteiger charge is -2.05. The predicted octanol–water partition coefficient (Wildman–Crippen LogP) is 3.34. The van der Waals surface area contributed by atoms with Crippen LogP contribution in [0.25, 0.3) is 0 Å². The number of hydrogen-bond acceptors (Lipinski definition) is 2. The van der Waals surface area contributed by atoms with Gasteiger partial charge < -0.3 is 9.84 Å². The highest BCUT2D eigenvalue weighted by atomic mass is 79.9. The molecule has 0 spiro atoms. The van der Waals surface area contributed by atoms with Crippen LogP contribution in [0.2, 0.25) is 0 Å². The Hall–Kier alpha value is -0.700. The van der Waals surface area contributed by atoms with Crippen LogP contribution in [0, 0.1) is 0 Å². The fraction of sp³-hybridized carbons (Fsp3) is 0.455. The van der Waals surface area contributed by atoms with E-state index in [2.05, 4.69) is 15.9 Å². The number of halogens is 1. The maximum absolute atomic E-state index is 9.04. The van der Waals surface area contributed by atoms with Crippen LogP contribution in [0.5, 0.6) is 11.5 Å². The van der Waals surface area contributed by atoms with E-state index >= 15 is 0 Å². The van der Waals surface area contributed by atoms with Crippen molar-refractivity contribution in [1.29, 1.82) is 0 Å². The fourth-order valence-corrected chi connectivity index (χ4v) is 1.50. The van der Waals surface area contributed by atoms with Gasteiger partial charge in [0.15, 0.2) is 0 Å². The van der Waals surface area contributed by atoms with Gasteiger partial charge >= 0.3 is 0 Å². The molecule has 0 aromatic heterocycles.